The van der Waals surface area contributed by atoms with E-state index in [9.17, 15) is 9.59 Å². The van der Waals surface area contributed by atoms with Crippen LogP contribution in [0, 0.1) is 0 Å². The van der Waals surface area contributed by atoms with Crippen LogP contribution in [0.4, 0.5) is 5.69 Å². The fourth-order valence-corrected chi connectivity index (χ4v) is 3.39. The number of hydrogen-bond acceptors (Lipinski definition) is 4. The van der Waals surface area contributed by atoms with Crippen LogP contribution in [-0.2, 0) is 6.54 Å². The number of H-pyrrole nitrogens is 1. The number of anilines is 1. The average molecular weight is 329 g/mol. The van der Waals surface area contributed by atoms with Crippen LogP contribution in [0.1, 0.15) is 15.9 Å². The van der Waals surface area contributed by atoms with Crippen molar-refractivity contribution in [3.05, 3.63) is 64.1 Å². The molecule has 0 bridgehead atoms. The Balaban J connectivity index is 1.56. The Labute approximate surface area is 139 Å². The van der Waals surface area contributed by atoms with E-state index in [1.165, 1.54) is 35.5 Å². The van der Waals surface area contributed by atoms with Crippen LogP contribution >= 0.6 is 11.8 Å². The lowest BCUT2D eigenvalue weighted by Crippen LogP contribution is -2.32. The molecule has 6 heteroatoms. The summed E-state index contributed by atoms with van der Waals surface area (Å²) in [5, 5.41) is 2.86. The quantitative estimate of drug-likeness (QED) is 0.899. The van der Waals surface area contributed by atoms with Gasteiger partial charge in [-0.3, -0.25) is 9.59 Å². The number of pyridine rings is 1. The van der Waals surface area contributed by atoms with Crippen LogP contribution in [0.5, 0.6) is 0 Å². The molecule has 120 valence electrons. The highest BCUT2D eigenvalue weighted by Gasteiger charge is 2.11. The minimum atomic E-state index is -0.215. The number of thioether (sulfide) groups is 1. The number of aromatic nitrogens is 1. The molecule has 1 saturated heterocycles. The summed E-state index contributed by atoms with van der Waals surface area (Å²) >= 11 is 2.00. The zero-order chi connectivity index (χ0) is 16.1. The van der Waals surface area contributed by atoms with Crippen molar-refractivity contribution < 1.29 is 4.79 Å². The molecule has 1 aliphatic heterocycles. The molecule has 1 fully saturated rings. The summed E-state index contributed by atoms with van der Waals surface area (Å²) in [7, 11) is 0. The predicted molar refractivity (Wildman–Crippen MR) is 94.2 cm³/mol. The third kappa shape index (κ3) is 4.16. The highest BCUT2D eigenvalue weighted by molar-refractivity contribution is 7.99. The molecule has 23 heavy (non-hydrogen) atoms. The van der Waals surface area contributed by atoms with Crippen molar-refractivity contribution in [2.45, 2.75) is 6.54 Å². The van der Waals surface area contributed by atoms with Gasteiger partial charge in [0, 0.05) is 49.1 Å². The van der Waals surface area contributed by atoms with Gasteiger partial charge in [0.1, 0.15) is 0 Å². The van der Waals surface area contributed by atoms with E-state index in [0.29, 0.717) is 12.1 Å². The predicted octanol–water partition coefficient (Wildman–Crippen LogP) is 1.86. The Morgan fingerprint density at radius 1 is 1.13 bits per heavy atom. The molecule has 3 rings (SSSR count). The summed E-state index contributed by atoms with van der Waals surface area (Å²) in [5.41, 5.74) is 2.53. The van der Waals surface area contributed by atoms with Gasteiger partial charge in [-0.2, -0.15) is 11.8 Å². The van der Waals surface area contributed by atoms with Crippen LogP contribution in [-0.4, -0.2) is 35.5 Å². The van der Waals surface area contributed by atoms with Crippen LogP contribution in [0.15, 0.2) is 47.4 Å². The maximum absolute atomic E-state index is 12.0. The summed E-state index contributed by atoms with van der Waals surface area (Å²) in [6, 6.07) is 11.2. The minimum Gasteiger partial charge on any atom is -0.370 e. The van der Waals surface area contributed by atoms with Gasteiger partial charge in [0.2, 0.25) is 5.56 Å². The third-order valence-electron chi connectivity index (χ3n) is 3.81. The molecule has 0 radical (unpaired) electrons. The van der Waals surface area contributed by atoms with Gasteiger partial charge in [-0.05, 0) is 23.8 Å². The lowest BCUT2D eigenvalue weighted by atomic mass is 10.2. The number of nitrogens with zero attached hydrogens (tertiary/aromatic N) is 1. The number of aromatic amines is 1. The van der Waals surface area contributed by atoms with E-state index in [1.54, 1.807) is 0 Å². The first-order valence-corrected chi connectivity index (χ1v) is 8.76. The SMILES string of the molecule is O=C(NCc1ccc(N2CCSCC2)cc1)c1ccc(=O)[nH]c1. The van der Waals surface area contributed by atoms with Crippen molar-refractivity contribution in [1.82, 2.24) is 10.3 Å². The van der Waals surface area contributed by atoms with E-state index in [0.717, 1.165) is 18.7 Å². The van der Waals surface area contributed by atoms with Gasteiger partial charge in [0.15, 0.2) is 0 Å². The molecule has 2 heterocycles. The van der Waals surface area contributed by atoms with Crippen molar-refractivity contribution >= 4 is 23.4 Å². The molecule has 0 unspecified atom stereocenters. The van der Waals surface area contributed by atoms with Gasteiger partial charge in [-0.15, -0.1) is 0 Å². The summed E-state index contributed by atoms with van der Waals surface area (Å²) in [5.74, 6) is 2.16. The van der Waals surface area contributed by atoms with Gasteiger partial charge < -0.3 is 15.2 Å². The second-order valence-electron chi connectivity index (χ2n) is 5.39. The number of hydrogen-bond donors (Lipinski definition) is 2. The first-order valence-electron chi connectivity index (χ1n) is 7.61. The van der Waals surface area contributed by atoms with Gasteiger partial charge >= 0.3 is 0 Å². The minimum absolute atomic E-state index is 0.196. The maximum atomic E-state index is 12.0. The smallest absolute Gasteiger partial charge is 0.253 e. The zero-order valence-electron chi connectivity index (χ0n) is 12.7. The average Bonchev–Trinajstić information content (AvgIpc) is 2.61. The second-order valence-corrected chi connectivity index (χ2v) is 6.61. The van der Waals surface area contributed by atoms with E-state index in [1.807, 2.05) is 23.9 Å². The Morgan fingerprint density at radius 3 is 2.52 bits per heavy atom. The highest BCUT2D eigenvalue weighted by Crippen LogP contribution is 2.19. The Kier molecular flexibility index (Phi) is 5.02. The zero-order valence-corrected chi connectivity index (χ0v) is 13.6. The number of carbonyl (C=O) groups excluding carboxylic acids is 1. The lowest BCUT2D eigenvalue weighted by Gasteiger charge is -2.28. The van der Waals surface area contributed by atoms with Gasteiger partial charge in [0.25, 0.3) is 5.91 Å². The molecule has 1 amide bonds. The summed E-state index contributed by atoms with van der Waals surface area (Å²) in [6.45, 7) is 2.65. The van der Waals surface area contributed by atoms with Gasteiger partial charge in [-0.1, -0.05) is 12.1 Å². The van der Waals surface area contributed by atoms with Crippen molar-refractivity contribution in [3.63, 3.8) is 0 Å². The third-order valence-corrected chi connectivity index (χ3v) is 4.75. The number of amides is 1. The van der Waals surface area contributed by atoms with Crippen LogP contribution in [0.25, 0.3) is 0 Å². The Morgan fingerprint density at radius 2 is 1.87 bits per heavy atom. The van der Waals surface area contributed by atoms with Crippen LogP contribution in [0.2, 0.25) is 0 Å². The molecule has 0 atom stereocenters. The molecule has 1 aromatic carbocycles. The maximum Gasteiger partial charge on any atom is 0.253 e. The van der Waals surface area contributed by atoms with Crippen molar-refractivity contribution in [3.8, 4) is 0 Å². The van der Waals surface area contributed by atoms with E-state index in [4.69, 9.17) is 0 Å². The Hall–Kier alpha value is -2.21. The number of carbonyl (C=O) groups is 1. The molecule has 2 aromatic rings. The van der Waals surface area contributed by atoms with E-state index < -0.39 is 0 Å². The molecular weight excluding hydrogens is 310 g/mol. The monoisotopic (exact) mass is 329 g/mol. The standard InChI is InChI=1S/C17H19N3O2S/c21-16-6-3-14(12-18-16)17(22)19-11-13-1-4-15(5-2-13)20-7-9-23-10-8-20/h1-6,12H,7-11H2,(H,18,21)(H,19,22). The second kappa shape index (κ2) is 7.37. The first-order chi connectivity index (χ1) is 11.2. The molecule has 0 aliphatic carbocycles. The van der Waals surface area contributed by atoms with Crippen LogP contribution in [0.3, 0.4) is 0 Å². The van der Waals surface area contributed by atoms with E-state index >= 15 is 0 Å². The van der Waals surface area contributed by atoms with E-state index in [-0.39, 0.29) is 11.5 Å². The molecule has 1 aliphatic rings. The molecule has 1 aromatic heterocycles. The number of nitrogens with one attached hydrogen (secondary N) is 2. The highest BCUT2D eigenvalue weighted by atomic mass is 32.2. The first kappa shape index (κ1) is 15.7. The lowest BCUT2D eigenvalue weighted by molar-refractivity contribution is 0.0950. The van der Waals surface area contributed by atoms with Gasteiger partial charge in [0.05, 0.1) is 5.56 Å². The molecule has 0 spiro atoms. The van der Waals surface area contributed by atoms with Crippen molar-refractivity contribution in [2.24, 2.45) is 0 Å². The van der Waals surface area contributed by atoms with Crippen LogP contribution < -0.4 is 15.8 Å². The fourth-order valence-electron chi connectivity index (χ4n) is 2.48. The van der Waals surface area contributed by atoms with Gasteiger partial charge in [-0.25, -0.2) is 0 Å². The van der Waals surface area contributed by atoms with E-state index in [2.05, 4.69) is 27.3 Å². The number of benzene rings is 1. The molecule has 2 N–H and O–H groups in total. The fraction of sp³-hybridized carbons (Fsp3) is 0.294. The van der Waals surface area contributed by atoms with Crippen molar-refractivity contribution in [1.29, 1.82) is 0 Å². The summed E-state index contributed by atoms with van der Waals surface area (Å²) < 4.78 is 0. The molecule has 5 nitrogen and oxygen atoms in total. The summed E-state index contributed by atoms with van der Waals surface area (Å²) in [4.78, 5) is 27.9. The van der Waals surface area contributed by atoms with Crippen molar-refractivity contribution in [2.75, 3.05) is 29.5 Å². The Bertz CT molecular complexity index is 701. The molecule has 0 saturated carbocycles. The summed E-state index contributed by atoms with van der Waals surface area (Å²) in [6.07, 6.45) is 1.43. The largest absolute Gasteiger partial charge is 0.370 e. The molecular formula is C17H19N3O2S. The normalized spacial score (nSPS) is 14.5. The number of rotatable bonds is 4. The topological polar surface area (TPSA) is 65.2 Å².